The van der Waals surface area contributed by atoms with Crippen molar-refractivity contribution in [1.29, 1.82) is 0 Å². The number of aliphatic imine (C=N–C) groups is 1. The van der Waals surface area contributed by atoms with Crippen LogP contribution in [0.4, 0.5) is 0 Å². The van der Waals surface area contributed by atoms with Gasteiger partial charge >= 0.3 is 0 Å². The van der Waals surface area contributed by atoms with Crippen molar-refractivity contribution in [3.8, 4) is 0 Å². The summed E-state index contributed by atoms with van der Waals surface area (Å²) in [6.07, 6.45) is 13.8. The highest BCUT2D eigenvalue weighted by atomic mass is 16.6. The van der Waals surface area contributed by atoms with E-state index in [2.05, 4.69) is 10.1 Å². The molecule has 1 heterocycles. The molecule has 0 aromatic rings. The predicted molar refractivity (Wildman–Crippen MR) is 110 cm³/mol. The van der Waals surface area contributed by atoms with Crippen LogP contribution in [-0.2, 0) is 9.63 Å². The third kappa shape index (κ3) is 9.75. The van der Waals surface area contributed by atoms with Crippen LogP contribution in [0.3, 0.4) is 0 Å². The van der Waals surface area contributed by atoms with E-state index in [0.717, 1.165) is 19.3 Å². The van der Waals surface area contributed by atoms with Gasteiger partial charge in [0.1, 0.15) is 5.84 Å². The summed E-state index contributed by atoms with van der Waals surface area (Å²) in [5.74, 6) is 0.498. The highest BCUT2D eigenvalue weighted by Gasteiger charge is 2.12. The Morgan fingerprint density at radius 1 is 1.52 bits per heavy atom. The van der Waals surface area contributed by atoms with Gasteiger partial charge in [-0.1, -0.05) is 35.0 Å². The van der Waals surface area contributed by atoms with Crippen molar-refractivity contribution in [2.45, 2.75) is 33.1 Å². The fourth-order valence-electron chi connectivity index (χ4n) is 2.57. The summed E-state index contributed by atoms with van der Waals surface area (Å²) in [5, 5.41) is 12.7. The van der Waals surface area contributed by atoms with Crippen LogP contribution in [0.5, 0.6) is 0 Å². The van der Waals surface area contributed by atoms with Crippen LogP contribution >= 0.6 is 0 Å². The minimum atomic E-state index is -0.0671. The van der Waals surface area contributed by atoms with Gasteiger partial charge in [0.2, 0.25) is 0 Å². The average Bonchev–Trinajstić information content (AvgIpc) is 2.68. The molecule has 0 spiro atoms. The fourth-order valence-corrected chi connectivity index (χ4v) is 2.57. The van der Waals surface area contributed by atoms with Gasteiger partial charge in [0.15, 0.2) is 6.61 Å². The Morgan fingerprint density at radius 3 is 2.96 bits per heavy atom. The first-order valence-corrected chi connectivity index (χ1v) is 9.44. The Bertz CT molecular complexity index is 594. The number of rotatable bonds is 12. The van der Waals surface area contributed by atoms with Crippen molar-refractivity contribution in [2.24, 2.45) is 21.8 Å². The fraction of sp³-hybridized carbons (Fsp3) is 0.550. The van der Waals surface area contributed by atoms with Crippen molar-refractivity contribution in [3.05, 3.63) is 36.0 Å². The Labute approximate surface area is 162 Å². The molecule has 0 aromatic heterocycles. The van der Waals surface area contributed by atoms with Crippen molar-refractivity contribution >= 4 is 18.0 Å². The summed E-state index contributed by atoms with van der Waals surface area (Å²) < 4.78 is 0. The molecule has 3 N–H and O–H groups in total. The molecule has 1 aliphatic rings. The number of amidine groups is 1. The van der Waals surface area contributed by atoms with Gasteiger partial charge in [-0.2, -0.15) is 0 Å². The lowest BCUT2D eigenvalue weighted by Crippen LogP contribution is -2.34. The molecule has 27 heavy (non-hydrogen) atoms. The Hall–Kier alpha value is -2.41. The van der Waals surface area contributed by atoms with E-state index in [-0.39, 0.29) is 25.0 Å². The number of hydrogen-bond donors (Lipinski definition) is 2. The quantitative estimate of drug-likeness (QED) is 0.236. The van der Waals surface area contributed by atoms with Crippen LogP contribution in [0.25, 0.3) is 0 Å². The Morgan fingerprint density at radius 2 is 2.33 bits per heavy atom. The molecule has 7 nitrogen and oxygen atoms in total. The van der Waals surface area contributed by atoms with E-state index in [1.807, 2.05) is 32.1 Å². The number of amides is 1. The second-order valence-corrected chi connectivity index (χ2v) is 6.20. The highest BCUT2D eigenvalue weighted by molar-refractivity contribution is 5.92. The van der Waals surface area contributed by atoms with E-state index in [9.17, 15) is 4.79 Å². The first-order chi connectivity index (χ1) is 13.1. The Kier molecular flexibility index (Phi) is 11.5. The number of allylic oxidation sites excluding steroid dienone is 3. The third-order valence-corrected chi connectivity index (χ3v) is 4.20. The number of hydrogen-bond acceptors (Lipinski definition) is 6. The van der Waals surface area contributed by atoms with E-state index >= 15 is 0 Å². The molecule has 7 heteroatoms. The van der Waals surface area contributed by atoms with Crippen LogP contribution in [-0.4, -0.2) is 60.8 Å². The number of unbranched alkanes of at least 4 members (excludes halogenated alkanes) is 1. The summed E-state index contributed by atoms with van der Waals surface area (Å²) >= 11 is 0. The Balaban J connectivity index is 2.25. The third-order valence-electron chi connectivity index (χ3n) is 4.20. The zero-order valence-corrected chi connectivity index (χ0v) is 16.4. The largest absolute Gasteiger partial charge is 0.392 e. The number of nitrogens with two attached hydrogens (primary N) is 1. The smallest absolute Gasteiger partial charge is 0.263 e. The monoisotopic (exact) mass is 376 g/mol. The normalized spacial score (nSPS) is 17.5. The van der Waals surface area contributed by atoms with E-state index < -0.39 is 0 Å². The van der Waals surface area contributed by atoms with Gasteiger partial charge in [0, 0.05) is 19.0 Å². The van der Waals surface area contributed by atoms with E-state index in [1.54, 1.807) is 23.3 Å². The molecular weight excluding hydrogens is 344 g/mol. The van der Waals surface area contributed by atoms with Gasteiger partial charge in [-0.15, -0.1) is 0 Å². The second kappa shape index (κ2) is 13.7. The lowest BCUT2D eigenvalue weighted by atomic mass is 10.1. The average molecular weight is 377 g/mol. The predicted octanol–water partition coefficient (Wildman–Crippen LogP) is 2.05. The number of nitrogens with zero attached hydrogens (tertiary/aromatic N) is 3. The van der Waals surface area contributed by atoms with E-state index in [0.29, 0.717) is 25.5 Å². The minimum Gasteiger partial charge on any atom is -0.392 e. The molecule has 0 radical (unpaired) electrons. The number of aliphatic hydroxyl groups excluding tert-OH is 1. The van der Waals surface area contributed by atoms with E-state index in [4.69, 9.17) is 15.7 Å². The van der Waals surface area contributed by atoms with Crippen LogP contribution in [0.1, 0.15) is 33.1 Å². The molecule has 1 unspecified atom stereocenters. The number of likely N-dealkylation sites (N-methyl/N-ethyl adjacent to an activating group) is 1. The molecule has 1 amide bonds. The van der Waals surface area contributed by atoms with Crippen LogP contribution in [0, 0.1) is 5.92 Å². The molecule has 0 aliphatic carbocycles. The first-order valence-electron chi connectivity index (χ1n) is 9.44. The molecular formula is C20H32N4O3. The summed E-state index contributed by atoms with van der Waals surface area (Å²) in [6, 6.07) is 0. The van der Waals surface area contributed by atoms with Gasteiger partial charge in [-0.3, -0.25) is 9.79 Å². The zero-order valence-electron chi connectivity index (χ0n) is 16.4. The van der Waals surface area contributed by atoms with Crippen LogP contribution in [0.2, 0.25) is 0 Å². The van der Waals surface area contributed by atoms with Crippen molar-refractivity contribution in [1.82, 2.24) is 4.90 Å². The number of oxime groups is 1. The summed E-state index contributed by atoms with van der Waals surface area (Å²) in [5.41, 5.74) is 6.75. The van der Waals surface area contributed by atoms with Crippen molar-refractivity contribution in [3.63, 3.8) is 0 Å². The van der Waals surface area contributed by atoms with Gasteiger partial charge in [-0.25, -0.2) is 0 Å². The molecule has 150 valence electrons. The summed E-state index contributed by atoms with van der Waals surface area (Å²) in [6.45, 7) is 5.82. The molecule has 0 aromatic carbocycles. The van der Waals surface area contributed by atoms with Crippen molar-refractivity contribution < 1.29 is 14.7 Å². The number of carbonyl (C=O) groups excluding carboxylic acids is 1. The molecule has 0 saturated carbocycles. The minimum absolute atomic E-state index is 0.0513. The highest BCUT2D eigenvalue weighted by Crippen LogP contribution is 2.10. The number of carbonyl (C=O) groups is 1. The summed E-state index contributed by atoms with van der Waals surface area (Å²) in [7, 11) is 0. The number of dihydropyridines is 1. The molecule has 1 rings (SSSR count). The van der Waals surface area contributed by atoms with Gasteiger partial charge in [0.05, 0.1) is 19.4 Å². The number of aliphatic hydroxyl groups is 1. The maximum Gasteiger partial charge on any atom is 0.263 e. The lowest BCUT2D eigenvalue weighted by molar-refractivity contribution is -0.136. The molecule has 0 saturated heterocycles. The topological polar surface area (TPSA) is 101 Å². The van der Waals surface area contributed by atoms with Gasteiger partial charge < -0.3 is 20.6 Å². The second-order valence-electron chi connectivity index (χ2n) is 6.20. The van der Waals surface area contributed by atoms with Crippen LogP contribution in [0.15, 0.2) is 46.1 Å². The summed E-state index contributed by atoms with van der Waals surface area (Å²) in [4.78, 5) is 23.2. The molecule has 1 atom stereocenters. The van der Waals surface area contributed by atoms with Crippen molar-refractivity contribution in [2.75, 3.05) is 32.8 Å². The van der Waals surface area contributed by atoms with Gasteiger partial charge in [0.25, 0.3) is 5.91 Å². The SMILES string of the molecule is C/C=C(\C=C/CO)CCCCN(CC)C(=O)CO/N=C/C1C=CC(N)=NC1. The molecule has 0 bridgehead atoms. The maximum atomic E-state index is 12.2. The zero-order chi connectivity index (χ0) is 19.9. The van der Waals surface area contributed by atoms with Gasteiger partial charge in [-0.05, 0) is 39.2 Å². The molecule has 0 fully saturated rings. The standard InChI is InChI=1S/C20H32N4O3/c1-3-17(9-7-13-25)8-5-6-12-24(4-2)20(26)16-27-23-15-18-10-11-19(21)22-14-18/h3,7,9-11,15,18,25H,4-6,8,12-14,16H2,1-2H3,(H2,21,22)/b9-7-,17-3-,23-15+. The van der Waals surface area contributed by atoms with Crippen LogP contribution < -0.4 is 5.73 Å². The first kappa shape index (κ1) is 22.6. The lowest BCUT2D eigenvalue weighted by Gasteiger charge is -2.20. The maximum absolute atomic E-state index is 12.2. The molecule has 1 aliphatic heterocycles. The van der Waals surface area contributed by atoms with E-state index in [1.165, 1.54) is 5.57 Å².